The Balaban J connectivity index is 2.06. The van der Waals surface area contributed by atoms with Crippen LogP contribution in [0, 0.1) is 35.0 Å². The maximum absolute atomic E-state index is 4.98. The molecule has 0 heterocycles. The van der Waals surface area contributed by atoms with Gasteiger partial charge in [0.25, 0.3) is 0 Å². The molecule has 100 valence electrons. The molecule has 0 aromatic rings. The van der Waals surface area contributed by atoms with Gasteiger partial charge in [0, 0.05) is 0 Å². The van der Waals surface area contributed by atoms with Crippen LogP contribution >= 0.6 is 12.2 Å². The molecule has 0 amide bonds. The van der Waals surface area contributed by atoms with Crippen molar-refractivity contribution in [3.05, 3.63) is 0 Å². The minimum atomic E-state index is 0.133. The van der Waals surface area contributed by atoms with E-state index in [9.17, 15) is 0 Å². The zero-order chi connectivity index (χ0) is 13.1. The molecule has 0 N–H and O–H groups in total. The first-order valence-electron chi connectivity index (χ1n) is 7.54. The predicted molar refractivity (Wildman–Crippen MR) is 78.8 cm³/mol. The van der Waals surface area contributed by atoms with Crippen LogP contribution in [-0.4, -0.2) is 10.7 Å². The molecular weight excluding hydrogens is 238 g/mol. The summed E-state index contributed by atoms with van der Waals surface area (Å²) in [6, 6.07) is 0. The lowest BCUT2D eigenvalue weighted by Gasteiger charge is -2.38. The van der Waals surface area contributed by atoms with Crippen LogP contribution in [0.3, 0.4) is 0 Å². The third kappa shape index (κ3) is 1.45. The summed E-state index contributed by atoms with van der Waals surface area (Å²) in [5.41, 5.74) is 0.681. The van der Waals surface area contributed by atoms with Crippen molar-refractivity contribution in [2.75, 3.05) is 0 Å². The summed E-state index contributed by atoms with van der Waals surface area (Å²) in [6.07, 6.45) is 5.29. The summed E-state index contributed by atoms with van der Waals surface area (Å²) < 4.78 is 0. The average Bonchev–Trinajstić information content (AvgIpc) is 2.73. The summed E-state index contributed by atoms with van der Waals surface area (Å²) in [7, 11) is 0. The normalized spacial score (nSPS) is 52.8. The Bertz CT molecular complexity index is 409. The van der Waals surface area contributed by atoms with Gasteiger partial charge in [-0.15, -0.1) is 0 Å². The lowest BCUT2D eigenvalue weighted by atomic mass is 9.71. The predicted octanol–water partition coefficient (Wildman–Crippen LogP) is 4.58. The minimum Gasteiger partial charge on any atom is -0.225 e. The zero-order valence-corrected chi connectivity index (χ0v) is 12.9. The molecule has 3 aliphatic carbocycles. The van der Waals surface area contributed by atoms with Crippen molar-refractivity contribution in [1.29, 1.82) is 0 Å². The molecular formula is C16H25NS. The topological polar surface area (TPSA) is 12.4 Å². The van der Waals surface area contributed by atoms with Crippen LogP contribution in [-0.2, 0) is 0 Å². The largest absolute Gasteiger partial charge is 0.225 e. The van der Waals surface area contributed by atoms with Crippen LogP contribution < -0.4 is 0 Å². The second-order valence-corrected chi connectivity index (χ2v) is 7.85. The van der Waals surface area contributed by atoms with Crippen molar-refractivity contribution >= 4 is 17.4 Å². The van der Waals surface area contributed by atoms with Crippen molar-refractivity contribution in [2.45, 2.75) is 58.9 Å². The van der Waals surface area contributed by atoms with Gasteiger partial charge < -0.3 is 0 Å². The number of aliphatic imine (C=N–C) groups is 1. The number of hydrogen-bond acceptors (Lipinski definition) is 2. The van der Waals surface area contributed by atoms with Crippen molar-refractivity contribution in [3.63, 3.8) is 0 Å². The molecule has 0 spiro atoms. The highest BCUT2D eigenvalue weighted by molar-refractivity contribution is 7.78. The fourth-order valence-corrected chi connectivity index (χ4v) is 5.76. The van der Waals surface area contributed by atoms with Crippen LogP contribution in [0.1, 0.15) is 53.4 Å². The first-order chi connectivity index (χ1) is 8.45. The standard InChI is InChI=1S/C16H25NS/c1-10-7-8-16(17-9-18)11(2)5-6-12-14(13(10)16)15(12,3)4/h10-14H,5-8H2,1-4H3/t10-,11+,12-,13+,14-,16-/m1/s1. The van der Waals surface area contributed by atoms with Crippen molar-refractivity contribution in [2.24, 2.45) is 40.0 Å². The smallest absolute Gasteiger partial charge is 0.0769 e. The van der Waals surface area contributed by atoms with Gasteiger partial charge in [0.1, 0.15) is 0 Å². The summed E-state index contributed by atoms with van der Waals surface area (Å²) in [5, 5.41) is 2.75. The molecule has 3 saturated carbocycles. The van der Waals surface area contributed by atoms with Gasteiger partial charge in [0.15, 0.2) is 0 Å². The lowest BCUT2D eigenvalue weighted by Crippen LogP contribution is -2.41. The molecule has 0 aliphatic heterocycles. The molecule has 6 atom stereocenters. The van der Waals surface area contributed by atoms with Crippen molar-refractivity contribution in [3.8, 4) is 0 Å². The van der Waals surface area contributed by atoms with Gasteiger partial charge in [-0.1, -0.05) is 27.7 Å². The molecule has 0 bridgehead atoms. The van der Waals surface area contributed by atoms with Crippen LogP contribution in [0.15, 0.2) is 4.99 Å². The first kappa shape index (κ1) is 12.8. The Labute approximate surface area is 116 Å². The number of hydrogen-bond donors (Lipinski definition) is 0. The SMILES string of the molecule is C[C@@H]1CC[C@]2(N=C=S)[C@@H]1[C@H]1[C@@H](CC[C@@H]2C)C1(C)C. The highest BCUT2D eigenvalue weighted by Gasteiger charge is 2.69. The third-order valence-corrected chi connectivity index (χ3v) is 6.83. The molecule has 3 fully saturated rings. The maximum atomic E-state index is 4.98. The minimum absolute atomic E-state index is 0.133. The molecule has 2 heteroatoms. The zero-order valence-electron chi connectivity index (χ0n) is 12.1. The van der Waals surface area contributed by atoms with Gasteiger partial charge in [-0.05, 0) is 72.9 Å². The van der Waals surface area contributed by atoms with E-state index in [1.54, 1.807) is 0 Å². The first-order valence-corrected chi connectivity index (χ1v) is 7.95. The van der Waals surface area contributed by atoms with Gasteiger partial charge in [-0.3, -0.25) is 0 Å². The molecule has 18 heavy (non-hydrogen) atoms. The molecule has 0 radical (unpaired) electrons. The van der Waals surface area contributed by atoms with Crippen LogP contribution in [0.2, 0.25) is 0 Å². The van der Waals surface area contributed by atoms with Crippen LogP contribution in [0.4, 0.5) is 0 Å². The molecule has 0 unspecified atom stereocenters. The number of rotatable bonds is 1. The third-order valence-electron chi connectivity index (χ3n) is 6.73. The van der Waals surface area contributed by atoms with E-state index in [1.807, 2.05) is 0 Å². The fraction of sp³-hybridized carbons (Fsp3) is 0.938. The lowest BCUT2D eigenvalue weighted by molar-refractivity contribution is 0.163. The Morgan fingerprint density at radius 1 is 1.11 bits per heavy atom. The van der Waals surface area contributed by atoms with E-state index < -0.39 is 0 Å². The second kappa shape index (κ2) is 3.90. The van der Waals surface area contributed by atoms with Crippen LogP contribution in [0.5, 0.6) is 0 Å². The fourth-order valence-electron chi connectivity index (χ4n) is 5.59. The number of fused-ring (bicyclic) bond motifs is 3. The summed E-state index contributed by atoms with van der Waals surface area (Å²) in [6.45, 7) is 9.78. The Kier molecular flexibility index (Phi) is 2.78. The molecule has 0 aromatic carbocycles. The summed E-state index contributed by atoms with van der Waals surface area (Å²) in [5.74, 6) is 4.07. The van der Waals surface area contributed by atoms with E-state index in [4.69, 9.17) is 17.2 Å². The molecule has 0 saturated heterocycles. The van der Waals surface area contributed by atoms with Crippen LogP contribution in [0.25, 0.3) is 0 Å². The Morgan fingerprint density at radius 2 is 1.83 bits per heavy atom. The van der Waals surface area contributed by atoms with Gasteiger partial charge in [0.05, 0.1) is 10.7 Å². The molecule has 3 aliphatic rings. The van der Waals surface area contributed by atoms with Gasteiger partial charge in [0.2, 0.25) is 0 Å². The van der Waals surface area contributed by atoms with Crippen molar-refractivity contribution in [1.82, 2.24) is 0 Å². The van der Waals surface area contributed by atoms with Crippen molar-refractivity contribution < 1.29 is 0 Å². The quantitative estimate of drug-likeness (QED) is 0.498. The van der Waals surface area contributed by atoms with E-state index in [0.717, 1.165) is 23.7 Å². The monoisotopic (exact) mass is 263 g/mol. The van der Waals surface area contributed by atoms with Gasteiger partial charge >= 0.3 is 0 Å². The van der Waals surface area contributed by atoms with Gasteiger partial charge in [-0.2, -0.15) is 0 Å². The molecule has 1 nitrogen and oxygen atoms in total. The highest BCUT2D eigenvalue weighted by Crippen LogP contribution is 2.72. The maximum Gasteiger partial charge on any atom is 0.0769 e. The molecule has 0 aromatic heterocycles. The number of thiocarbonyl (C=S) groups is 1. The summed E-state index contributed by atoms with van der Waals surface area (Å²) in [4.78, 5) is 4.78. The van der Waals surface area contributed by atoms with E-state index in [0.29, 0.717) is 11.3 Å². The number of isothiocyanates is 1. The molecule has 3 rings (SSSR count). The number of nitrogens with zero attached hydrogens (tertiary/aromatic N) is 1. The van der Waals surface area contributed by atoms with E-state index in [2.05, 4.69) is 32.9 Å². The van der Waals surface area contributed by atoms with E-state index in [-0.39, 0.29) is 5.54 Å². The Hall–Kier alpha value is -0.200. The van der Waals surface area contributed by atoms with Gasteiger partial charge in [-0.25, -0.2) is 4.99 Å². The highest BCUT2D eigenvalue weighted by atomic mass is 32.1. The average molecular weight is 263 g/mol. The summed E-state index contributed by atoms with van der Waals surface area (Å²) >= 11 is 4.98. The van der Waals surface area contributed by atoms with E-state index >= 15 is 0 Å². The van der Waals surface area contributed by atoms with E-state index in [1.165, 1.54) is 25.7 Å². The Morgan fingerprint density at radius 3 is 2.50 bits per heavy atom. The second-order valence-electron chi connectivity index (χ2n) is 7.67.